The van der Waals surface area contributed by atoms with Crippen molar-refractivity contribution in [3.63, 3.8) is 0 Å². The predicted octanol–water partition coefficient (Wildman–Crippen LogP) is 2.92. The highest BCUT2D eigenvalue weighted by molar-refractivity contribution is 7.91. The van der Waals surface area contributed by atoms with E-state index in [4.69, 9.17) is 0 Å². The molecule has 1 aliphatic heterocycles. The first-order valence-electron chi connectivity index (χ1n) is 7.64. The third-order valence-corrected chi connectivity index (χ3v) is 7.96. The van der Waals surface area contributed by atoms with Crippen LogP contribution in [0.25, 0.3) is 6.08 Å². The summed E-state index contributed by atoms with van der Waals surface area (Å²) < 4.78 is 26.8. The molecule has 128 valence electrons. The number of thiophene rings is 2. The van der Waals surface area contributed by atoms with Gasteiger partial charge >= 0.3 is 0 Å². The molecular weight excluding hydrogens is 364 g/mol. The Morgan fingerprint density at radius 1 is 1.25 bits per heavy atom. The highest BCUT2D eigenvalue weighted by atomic mass is 32.2. The zero-order valence-corrected chi connectivity index (χ0v) is 15.4. The Balaban J connectivity index is 1.57. The highest BCUT2D eigenvalue weighted by Gasteiger charge is 2.28. The van der Waals surface area contributed by atoms with E-state index < -0.39 is 10.0 Å². The van der Waals surface area contributed by atoms with Gasteiger partial charge < -0.3 is 5.32 Å². The third-order valence-electron chi connectivity index (χ3n) is 3.68. The van der Waals surface area contributed by atoms with E-state index in [2.05, 4.69) is 5.32 Å². The molecule has 0 spiro atoms. The molecule has 3 heterocycles. The summed E-state index contributed by atoms with van der Waals surface area (Å²) in [6.45, 7) is 1.52. The number of carbonyl (C=O) groups excluding carboxylic acids is 1. The van der Waals surface area contributed by atoms with Gasteiger partial charge in [0.2, 0.25) is 5.91 Å². The SMILES string of the molecule is O=C(/C=C/c1cccs1)NCc1ccc(S(=O)(=O)N2CCCC2)s1. The molecule has 0 unspecified atom stereocenters. The quantitative estimate of drug-likeness (QED) is 0.781. The van der Waals surface area contributed by atoms with Crippen LogP contribution in [0.15, 0.2) is 39.9 Å². The first-order valence-corrected chi connectivity index (χ1v) is 10.8. The van der Waals surface area contributed by atoms with Gasteiger partial charge in [0, 0.05) is 28.9 Å². The van der Waals surface area contributed by atoms with Gasteiger partial charge in [0.1, 0.15) is 4.21 Å². The van der Waals surface area contributed by atoms with Crippen molar-refractivity contribution in [1.29, 1.82) is 0 Å². The first kappa shape index (κ1) is 17.3. The molecule has 0 saturated carbocycles. The lowest BCUT2D eigenvalue weighted by Gasteiger charge is -2.13. The van der Waals surface area contributed by atoms with Gasteiger partial charge in [-0.2, -0.15) is 4.31 Å². The molecule has 0 bridgehead atoms. The van der Waals surface area contributed by atoms with Crippen molar-refractivity contribution in [2.75, 3.05) is 13.1 Å². The van der Waals surface area contributed by atoms with Crippen molar-refractivity contribution in [2.24, 2.45) is 0 Å². The Labute approximate surface area is 149 Å². The molecule has 0 aliphatic carbocycles. The molecule has 3 rings (SSSR count). The van der Waals surface area contributed by atoms with Crippen molar-refractivity contribution in [3.8, 4) is 0 Å². The van der Waals surface area contributed by atoms with E-state index in [0.29, 0.717) is 23.8 Å². The van der Waals surface area contributed by atoms with Crippen molar-refractivity contribution in [1.82, 2.24) is 9.62 Å². The van der Waals surface area contributed by atoms with Crippen LogP contribution in [0.5, 0.6) is 0 Å². The van der Waals surface area contributed by atoms with Crippen molar-refractivity contribution in [2.45, 2.75) is 23.6 Å². The lowest BCUT2D eigenvalue weighted by atomic mass is 10.4. The van der Waals surface area contributed by atoms with E-state index in [1.807, 2.05) is 17.5 Å². The number of nitrogens with one attached hydrogen (secondary N) is 1. The van der Waals surface area contributed by atoms with Crippen LogP contribution in [-0.2, 0) is 21.4 Å². The molecule has 8 heteroatoms. The number of carbonyl (C=O) groups is 1. The second-order valence-electron chi connectivity index (χ2n) is 5.40. The van der Waals surface area contributed by atoms with Gasteiger partial charge in [0.05, 0.1) is 6.54 Å². The number of sulfonamides is 1. The molecule has 1 amide bonds. The van der Waals surface area contributed by atoms with Crippen LogP contribution in [0.1, 0.15) is 22.6 Å². The third kappa shape index (κ3) is 4.13. The minimum atomic E-state index is -3.37. The summed E-state index contributed by atoms with van der Waals surface area (Å²) in [4.78, 5) is 13.6. The van der Waals surface area contributed by atoms with Crippen LogP contribution in [0.4, 0.5) is 0 Å². The zero-order chi connectivity index (χ0) is 17.0. The smallest absolute Gasteiger partial charge is 0.252 e. The fraction of sp³-hybridized carbons (Fsp3) is 0.312. The monoisotopic (exact) mass is 382 g/mol. The number of amides is 1. The summed E-state index contributed by atoms with van der Waals surface area (Å²) in [7, 11) is -3.37. The van der Waals surface area contributed by atoms with Crippen LogP contribution in [-0.4, -0.2) is 31.7 Å². The Morgan fingerprint density at radius 2 is 2.04 bits per heavy atom. The Hall–Kier alpha value is -1.48. The van der Waals surface area contributed by atoms with E-state index in [9.17, 15) is 13.2 Å². The molecule has 1 N–H and O–H groups in total. The second-order valence-corrected chi connectivity index (χ2v) is 9.71. The predicted molar refractivity (Wildman–Crippen MR) is 97.5 cm³/mol. The van der Waals surface area contributed by atoms with Gasteiger partial charge in [-0.15, -0.1) is 22.7 Å². The van der Waals surface area contributed by atoms with E-state index in [1.54, 1.807) is 29.5 Å². The lowest BCUT2D eigenvalue weighted by molar-refractivity contribution is -0.116. The molecule has 1 fully saturated rings. The van der Waals surface area contributed by atoms with Crippen molar-refractivity contribution in [3.05, 3.63) is 45.5 Å². The fourth-order valence-electron chi connectivity index (χ4n) is 2.42. The Morgan fingerprint density at radius 3 is 2.75 bits per heavy atom. The molecule has 1 aliphatic rings. The van der Waals surface area contributed by atoms with Crippen LogP contribution in [0.2, 0.25) is 0 Å². The molecule has 0 radical (unpaired) electrons. The van der Waals surface area contributed by atoms with Crippen molar-refractivity contribution < 1.29 is 13.2 Å². The van der Waals surface area contributed by atoms with E-state index >= 15 is 0 Å². The highest BCUT2D eigenvalue weighted by Crippen LogP contribution is 2.27. The minimum absolute atomic E-state index is 0.194. The van der Waals surface area contributed by atoms with Gasteiger partial charge in [-0.05, 0) is 42.5 Å². The van der Waals surface area contributed by atoms with Crippen LogP contribution in [0, 0.1) is 0 Å². The second kappa shape index (κ2) is 7.60. The van der Waals surface area contributed by atoms with Gasteiger partial charge in [-0.3, -0.25) is 4.79 Å². The summed E-state index contributed by atoms with van der Waals surface area (Å²) in [5, 5.41) is 4.73. The topological polar surface area (TPSA) is 66.5 Å². The average Bonchev–Trinajstić information content (AvgIpc) is 3.33. The number of nitrogens with zero attached hydrogens (tertiary/aromatic N) is 1. The molecule has 5 nitrogen and oxygen atoms in total. The lowest BCUT2D eigenvalue weighted by Crippen LogP contribution is -2.27. The molecule has 2 aromatic rings. The molecule has 1 saturated heterocycles. The van der Waals surface area contributed by atoms with E-state index in [-0.39, 0.29) is 5.91 Å². The maximum absolute atomic E-state index is 12.5. The number of hydrogen-bond donors (Lipinski definition) is 1. The molecule has 2 aromatic heterocycles. The van der Waals surface area contributed by atoms with Gasteiger partial charge in [-0.25, -0.2) is 8.42 Å². The number of rotatable bonds is 6. The van der Waals surface area contributed by atoms with E-state index in [0.717, 1.165) is 22.6 Å². The maximum atomic E-state index is 12.5. The average molecular weight is 383 g/mol. The summed E-state index contributed by atoms with van der Waals surface area (Å²) >= 11 is 2.78. The van der Waals surface area contributed by atoms with E-state index in [1.165, 1.54) is 21.7 Å². The first-order chi connectivity index (χ1) is 11.6. The summed E-state index contributed by atoms with van der Waals surface area (Å²) in [5.41, 5.74) is 0. The van der Waals surface area contributed by atoms with Gasteiger partial charge in [0.25, 0.3) is 10.0 Å². The molecule has 24 heavy (non-hydrogen) atoms. The molecule has 0 aromatic carbocycles. The number of hydrogen-bond acceptors (Lipinski definition) is 5. The normalized spacial score (nSPS) is 16.0. The van der Waals surface area contributed by atoms with Crippen LogP contribution in [0.3, 0.4) is 0 Å². The maximum Gasteiger partial charge on any atom is 0.252 e. The van der Waals surface area contributed by atoms with Crippen molar-refractivity contribution >= 4 is 44.7 Å². The summed E-state index contributed by atoms with van der Waals surface area (Å²) in [5.74, 6) is -0.194. The van der Waals surface area contributed by atoms with Crippen LogP contribution >= 0.6 is 22.7 Å². The molecular formula is C16H18N2O3S3. The largest absolute Gasteiger partial charge is 0.348 e. The summed E-state index contributed by atoms with van der Waals surface area (Å²) in [6, 6.07) is 7.25. The zero-order valence-electron chi connectivity index (χ0n) is 13.0. The molecule has 0 atom stereocenters. The Kier molecular flexibility index (Phi) is 5.50. The van der Waals surface area contributed by atoms with Gasteiger partial charge in [0.15, 0.2) is 0 Å². The fourth-order valence-corrected chi connectivity index (χ4v) is 6.01. The minimum Gasteiger partial charge on any atom is -0.348 e. The van der Waals surface area contributed by atoms with Crippen LogP contribution < -0.4 is 5.32 Å². The Bertz CT molecular complexity index is 817. The summed E-state index contributed by atoms with van der Waals surface area (Å²) in [6.07, 6.45) is 5.09. The standard InChI is InChI=1S/C16H18N2O3S3/c19-15(7-5-13-4-3-11-22-13)17-12-14-6-8-16(23-14)24(20,21)18-9-1-2-10-18/h3-8,11H,1-2,9-10,12H2,(H,17,19)/b7-5+. The van der Waals surface area contributed by atoms with Gasteiger partial charge in [-0.1, -0.05) is 6.07 Å².